The van der Waals surface area contributed by atoms with Crippen molar-refractivity contribution in [1.29, 1.82) is 0 Å². The minimum absolute atomic E-state index is 0. The molecule has 12 heteroatoms. The average molecular weight is 285 g/mol. The van der Waals surface area contributed by atoms with Gasteiger partial charge in [0.05, 0.1) is 0 Å². The van der Waals surface area contributed by atoms with Gasteiger partial charge in [-0.05, 0) is 0 Å². The van der Waals surface area contributed by atoms with Gasteiger partial charge in [0.1, 0.15) is 5.97 Å². The summed E-state index contributed by atoms with van der Waals surface area (Å²) in [7, 11) is 0. The number of hydrogen-bond acceptors (Lipinski definition) is 3. The van der Waals surface area contributed by atoms with Crippen LogP contribution in [0.3, 0.4) is 0 Å². The fourth-order valence-electron chi connectivity index (χ4n) is 0.553. The number of nitrogens with zero attached hydrogens (tertiary/aromatic N) is 1. The second-order valence-electron chi connectivity index (χ2n) is 2.10. The third-order valence-electron chi connectivity index (χ3n) is 1.03. The largest absolute Gasteiger partial charge is 1.00 e. The second kappa shape index (κ2) is 5.43. The van der Waals surface area contributed by atoms with Crippen molar-refractivity contribution in [1.82, 2.24) is 4.90 Å². The number of hydrogen-bond donors (Lipinski definition) is 0. The number of carboxylic acids is 1. The molecule has 0 N–H and O–H groups in total. The molecule has 0 fully saturated rings. The molecule has 16 heavy (non-hydrogen) atoms. The van der Waals surface area contributed by atoms with E-state index in [1.54, 1.807) is 0 Å². The summed E-state index contributed by atoms with van der Waals surface area (Å²) in [5, 5.41) is 9.45. The molecule has 0 saturated carbocycles. The van der Waals surface area contributed by atoms with Gasteiger partial charge < -0.3 is 9.90 Å². The topological polar surface area (TPSA) is 43.4 Å². The van der Waals surface area contributed by atoms with Gasteiger partial charge in [-0.1, -0.05) is 4.90 Å². The van der Waals surface area contributed by atoms with E-state index >= 15 is 0 Å². The summed E-state index contributed by atoms with van der Waals surface area (Å²) in [6, 6.07) is -6.23. The van der Waals surface area contributed by atoms with E-state index in [2.05, 4.69) is 0 Å². The van der Waals surface area contributed by atoms with E-state index in [1.807, 2.05) is 0 Å². The Labute approximate surface area is 125 Å². The number of carboxylic acid groups (broad SMARTS) is 1. The van der Waals surface area contributed by atoms with Crippen LogP contribution in [-0.4, -0.2) is 29.5 Å². The van der Waals surface area contributed by atoms with E-state index in [9.17, 15) is 45.0 Å². The maximum absolute atomic E-state index is 12.0. The predicted molar refractivity (Wildman–Crippen MR) is 23.9 cm³/mol. The van der Waals surface area contributed by atoms with Crippen molar-refractivity contribution in [2.75, 3.05) is 0 Å². The van der Waals surface area contributed by atoms with Crippen LogP contribution in [0.15, 0.2) is 0 Å². The van der Waals surface area contributed by atoms with Gasteiger partial charge in [0, 0.05) is 0 Å². The van der Waals surface area contributed by atoms with Crippen LogP contribution in [0.5, 0.6) is 0 Å². The first-order valence-corrected chi connectivity index (χ1v) is 2.84. The van der Waals surface area contributed by atoms with Gasteiger partial charge in [0.2, 0.25) is 0 Å². The van der Waals surface area contributed by atoms with Crippen LogP contribution in [0, 0.1) is 0 Å². The Bertz CT molecular complexity index is 246. The minimum Gasteiger partial charge on any atom is -0.543 e. The zero-order valence-corrected chi connectivity index (χ0v) is 10.4. The van der Waals surface area contributed by atoms with Crippen molar-refractivity contribution in [3.63, 3.8) is 0 Å². The Morgan fingerprint density at radius 1 is 0.875 bits per heavy atom. The molecule has 0 amide bonds. The quantitative estimate of drug-likeness (QED) is 0.325. The molecule has 0 heterocycles. The van der Waals surface area contributed by atoms with Crippen molar-refractivity contribution in [2.45, 2.75) is 18.6 Å². The van der Waals surface area contributed by atoms with Crippen LogP contribution in [0.2, 0.25) is 0 Å². The molecule has 0 aliphatic carbocycles. The summed E-state index contributed by atoms with van der Waals surface area (Å²) in [4.78, 5) is 6.09. The summed E-state index contributed by atoms with van der Waals surface area (Å²) in [5.41, 5.74) is 0. The third kappa shape index (κ3) is 4.41. The molecule has 3 nitrogen and oxygen atoms in total. The molecule has 0 aromatic carbocycles. The van der Waals surface area contributed by atoms with E-state index in [0.717, 1.165) is 0 Å². The number of rotatable bonds is 2. The van der Waals surface area contributed by atoms with Gasteiger partial charge in [0.25, 0.3) is 0 Å². The fourth-order valence-corrected chi connectivity index (χ4v) is 0.553. The molecule has 0 aliphatic heterocycles. The smallest absolute Gasteiger partial charge is 0.543 e. The Hall–Kier alpha value is 0.506. The summed E-state index contributed by atoms with van der Waals surface area (Å²) in [5.74, 6) is -3.81. The maximum atomic E-state index is 12.0. The Kier molecular flexibility index (Phi) is 6.40. The van der Waals surface area contributed by atoms with E-state index in [0.29, 0.717) is 0 Å². The molecule has 0 rings (SSSR count). The van der Waals surface area contributed by atoms with E-state index in [1.165, 1.54) is 0 Å². The van der Waals surface area contributed by atoms with Crippen LogP contribution in [-0.2, 0) is 4.79 Å². The average Bonchev–Trinajstić information content (AvgIpc) is 1.76. The number of carbonyl (C=O) groups excluding carboxylic acids is 1. The molecule has 0 spiro atoms. The first kappa shape index (κ1) is 18.9. The van der Waals surface area contributed by atoms with Crippen molar-refractivity contribution >= 4 is 5.97 Å². The zero-order chi connectivity index (χ0) is 12.7. The Morgan fingerprint density at radius 2 is 1.12 bits per heavy atom. The maximum Gasteiger partial charge on any atom is 1.00 e. The number of carbonyl (C=O) groups is 1. The SMILES string of the molecule is O=C([O-])C(F)(F)N(C(F)(F)F)C(F)(F)F.[K+]. The molecular formula is C4F8KNO2. The van der Waals surface area contributed by atoms with Crippen molar-refractivity contribution in [2.24, 2.45) is 0 Å². The molecule has 0 aromatic heterocycles. The first-order valence-electron chi connectivity index (χ1n) is 2.84. The third-order valence-corrected chi connectivity index (χ3v) is 1.03. The van der Waals surface area contributed by atoms with Gasteiger partial charge in [-0.15, -0.1) is 0 Å². The summed E-state index contributed by atoms with van der Waals surface area (Å²) in [6.07, 6.45) is -13.2. The molecule has 0 aliphatic rings. The van der Waals surface area contributed by atoms with Crippen molar-refractivity contribution in [3.05, 3.63) is 0 Å². The van der Waals surface area contributed by atoms with Gasteiger partial charge >= 0.3 is 70.0 Å². The normalized spacial score (nSPS) is 13.6. The molecule has 0 saturated heterocycles. The van der Waals surface area contributed by atoms with Crippen LogP contribution < -0.4 is 56.5 Å². The Morgan fingerprint density at radius 3 is 1.19 bits per heavy atom. The second-order valence-corrected chi connectivity index (χ2v) is 2.10. The summed E-state index contributed by atoms with van der Waals surface area (Å²) >= 11 is 0. The van der Waals surface area contributed by atoms with Crippen LogP contribution in [0.1, 0.15) is 0 Å². The van der Waals surface area contributed by atoms with E-state index < -0.39 is 29.5 Å². The van der Waals surface area contributed by atoms with Crippen molar-refractivity contribution in [3.8, 4) is 0 Å². The minimum atomic E-state index is -6.60. The predicted octanol–water partition coefficient (Wildman–Crippen LogP) is -2.33. The van der Waals surface area contributed by atoms with Crippen LogP contribution >= 0.6 is 0 Å². The number of halogens is 8. The van der Waals surface area contributed by atoms with E-state index in [4.69, 9.17) is 0 Å². The van der Waals surface area contributed by atoms with Gasteiger partial charge in [-0.25, -0.2) is 0 Å². The summed E-state index contributed by atoms with van der Waals surface area (Å²) < 4.78 is 93.1. The standard InChI is InChI=1S/C4HF8NO2.K/c5-2(6,1(14)15)13(3(7,8)9)4(10,11)12;/h(H,14,15);/q;+1/p-1. The first-order chi connectivity index (χ1) is 6.31. The molecule has 0 unspecified atom stereocenters. The fraction of sp³-hybridized carbons (Fsp3) is 0.750. The molecule has 0 atom stereocenters. The van der Waals surface area contributed by atoms with Gasteiger partial charge in [-0.3, -0.25) is 0 Å². The summed E-state index contributed by atoms with van der Waals surface area (Å²) in [6.45, 7) is 0. The molecule has 0 aromatic rings. The monoisotopic (exact) mass is 285 g/mol. The van der Waals surface area contributed by atoms with Crippen molar-refractivity contribution < 1.29 is 96.4 Å². The van der Waals surface area contributed by atoms with E-state index in [-0.39, 0.29) is 51.4 Å². The molecular weight excluding hydrogens is 285 g/mol. The van der Waals surface area contributed by atoms with Crippen LogP contribution in [0.4, 0.5) is 35.1 Å². The molecule has 0 bridgehead atoms. The van der Waals surface area contributed by atoms with Gasteiger partial charge in [0.15, 0.2) is 0 Å². The zero-order valence-electron chi connectivity index (χ0n) is 7.29. The molecule has 90 valence electrons. The number of alkyl halides is 8. The molecule has 0 radical (unpaired) electrons. The van der Waals surface area contributed by atoms with Crippen LogP contribution in [0.25, 0.3) is 0 Å². The van der Waals surface area contributed by atoms with Gasteiger partial charge in [-0.2, -0.15) is 35.1 Å². The number of aliphatic carboxylic acids is 1. The Balaban J connectivity index is 0.